The van der Waals surface area contributed by atoms with Gasteiger partial charge in [-0.15, -0.1) is 0 Å². The van der Waals surface area contributed by atoms with Crippen molar-refractivity contribution in [2.45, 2.75) is 13.8 Å². The highest BCUT2D eigenvalue weighted by atomic mass is 32.2. The van der Waals surface area contributed by atoms with E-state index in [0.29, 0.717) is 9.23 Å². The molecule has 1 amide bonds. The number of thiocarbonyl (C=S) groups is 1. The van der Waals surface area contributed by atoms with E-state index in [9.17, 15) is 14.7 Å². The maximum atomic E-state index is 12.2. The molecule has 0 unspecified atom stereocenters. The van der Waals surface area contributed by atoms with Crippen molar-refractivity contribution in [2.24, 2.45) is 0 Å². The van der Waals surface area contributed by atoms with E-state index >= 15 is 0 Å². The number of carboxylic acid groups (broad SMARTS) is 1. The van der Waals surface area contributed by atoms with Crippen molar-refractivity contribution < 1.29 is 14.7 Å². The molecular weight excluding hydrogens is 356 g/mol. The number of nitrogens with zero attached hydrogens (tertiary/aromatic N) is 2. The lowest BCUT2D eigenvalue weighted by Crippen LogP contribution is -2.22. The Morgan fingerprint density at radius 1 is 1.28 bits per heavy atom. The van der Waals surface area contributed by atoms with Gasteiger partial charge in [-0.25, -0.2) is 4.79 Å². The number of aryl methyl sites for hydroxylation is 1. The Bertz CT molecular complexity index is 944. The highest BCUT2D eigenvalue weighted by Crippen LogP contribution is 2.33. The van der Waals surface area contributed by atoms with Gasteiger partial charge in [0.15, 0.2) is 0 Å². The largest absolute Gasteiger partial charge is 0.478 e. The van der Waals surface area contributed by atoms with E-state index in [2.05, 4.69) is 0 Å². The van der Waals surface area contributed by atoms with E-state index in [1.54, 1.807) is 25.2 Å². The number of aromatic carboxylic acids is 1. The molecule has 128 valence electrons. The standard InChI is InChI=1S/C18H16N2O3S2/c1-10-7-13(9-15-16(21)19(3)18(24)25-15)11(2)20(10)14-6-4-5-12(8-14)17(22)23/h4-9H,1-3H3,(H,22,23). The van der Waals surface area contributed by atoms with Crippen molar-refractivity contribution in [2.75, 3.05) is 7.05 Å². The first-order chi connectivity index (χ1) is 11.8. The second-order valence-electron chi connectivity index (χ2n) is 5.76. The van der Waals surface area contributed by atoms with E-state index in [1.165, 1.54) is 16.7 Å². The number of aromatic nitrogens is 1. The summed E-state index contributed by atoms with van der Waals surface area (Å²) in [5.74, 6) is -1.07. The van der Waals surface area contributed by atoms with Crippen LogP contribution < -0.4 is 0 Å². The highest BCUT2D eigenvalue weighted by Gasteiger charge is 2.29. The zero-order chi connectivity index (χ0) is 18.3. The normalized spacial score (nSPS) is 16.1. The van der Waals surface area contributed by atoms with Crippen LogP contribution >= 0.6 is 24.0 Å². The fourth-order valence-electron chi connectivity index (χ4n) is 2.80. The molecule has 1 aromatic carbocycles. The average Bonchev–Trinajstić information content (AvgIpc) is 2.98. The number of carbonyl (C=O) groups is 2. The summed E-state index contributed by atoms with van der Waals surface area (Å²) < 4.78 is 2.52. The van der Waals surface area contributed by atoms with Crippen molar-refractivity contribution in [1.29, 1.82) is 0 Å². The molecule has 2 heterocycles. The number of rotatable bonds is 3. The Morgan fingerprint density at radius 3 is 2.60 bits per heavy atom. The average molecular weight is 372 g/mol. The first-order valence-electron chi connectivity index (χ1n) is 7.54. The molecule has 3 rings (SSSR count). The lowest BCUT2D eigenvalue weighted by molar-refractivity contribution is -0.121. The summed E-state index contributed by atoms with van der Waals surface area (Å²) in [6.07, 6.45) is 1.84. The summed E-state index contributed by atoms with van der Waals surface area (Å²) in [6, 6.07) is 8.76. The van der Waals surface area contributed by atoms with Gasteiger partial charge < -0.3 is 9.67 Å². The van der Waals surface area contributed by atoms with Crippen molar-refractivity contribution in [3.63, 3.8) is 0 Å². The zero-order valence-corrected chi connectivity index (χ0v) is 15.6. The number of carbonyl (C=O) groups excluding carboxylic acids is 1. The van der Waals surface area contributed by atoms with E-state index < -0.39 is 5.97 Å². The van der Waals surface area contributed by atoms with E-state index in [1.807, 2.05) is 36.6 Å². The van der Waals surface area contributed by atoms with Crippen LogP contribution in [0.25, 0.3) is 11.8 Å². The van der Waals surface area contributed by atoms with Crippen LogP contribution in [0.15, 0.2) is 35.2 Å². The molecule has 5 nitrogen and oxygen atoms in total. The first-order valence-corrected chi connectivity index (χ1v) is 8.76. The minimum atomic E-state index is -0.962. The zero-order valence-electron chi connectivity index (χ0n) is 13.9. The summed E-state index contributed by atoms with van der Waals surface area (Å²) in [7, 11) is 1.67. The van der Waals surface area contributed by atoms with Crippen LogP contribution in [0.5, 0.6) is 0 Å². The number of likely N-dealkylation sites (N-methyl/N-ethyl adjacent to an activating group) is 1. The maximum Gasteiger partial charge on any atom is 0.335 e. The topological polar surface area (TPSA) is 62.5 Å². The van der Waals surface area contributed by atoms with E-state index in [0.717, 1.165) is 22.6 Å². The molecule has 25 heavy (non-hydrogen) atoms. The highest BCUT2D eigenvalue weighted by molar-refractivity contribution is 8.26. The Balaban J connectivity index is 2.06. The van der Waals surface area contributed by atoms with Crippen molar-refractivity contribution in [1.82, 2.24) is 9.47 Å². The van der Waals surface area contributed by atoms with Crippen LogP contribution in [0.3, 0.4) is 0 Å². The predicted octanol–water partition coefficient (Wildman–Crippen LogP) is 3.62. The molecular formula is C18H16N2O3S2. The summed E-state index contributed by atoms with van der Waals surface area (Å²) in [5, 5.41) is 9.19. The van der Waals surface area contributed by atoms with Crippen LogP contribution in [0.4, 0.5) is 0 Å². The fourth-order valence-corrected chi connectivity index (χ4v) is 3.97. The molecule has 1 aromatic heterocycles. The molecule has 1 N–H and O–H groups in total. The van der Waals surface area contributed by atoms with Crippen molar-refractivity contribution in [3.8, 4) is 5.69 Å². The molecule has 1 aliphatic rings. The number of benzene rings is 1. The Labute approximate surface area is 154 Å². The Kier molecular flexibility index (Phi) is 4.53. The molecule has 0 aliphatic carbocycles. The molecule has 1 saturated heterocycles. The molecule has 0 spiro atoms. The van der Waals surface area contributed by atoms with E-state index in [4.69, 9.17) is 12.2 Å². The third-order valence-corrected chi connectivity index (χ3v) is 5.58. The van der Waals surface area contributed by atoms with Crippen LogP contribution in [0.1, 0.15) is 27.3 Å². The van der Waals surface area contributed by atoms with Gasteiger partial charge in [-0.1, -0.05) is 30.0 Å². The molecule has 1 aliphatic heterocycles. The van der Waals surface area contributed by atoms with Gasteiger partial charge in [-0.3, -0.25) is 9.69 Å². The minimum Gasteiger partial charge on any atom is -0.478 e. The van der Waals surface area contributed by atoms with Gasteiger partial charge in [0.25, 0.3) is 5.91 Å². The van der Waals surface area contributed by atoms with Crippen molar-refractivity contribution >= 4 is 46.3 Å². The summed E-state index contributed by atoms with van der Waals surface area (Å²) in [6.45, 7) is 3.89. The minimum absolute atomic E-state index is 0.104. The van der Waals surface area contributed by atoms with Gasteiger partial charge >= 0.3 is 5.97 Å². The number of amides is 1. The molecule has 7 heteroatoms. The lowest BCUT2D eigenvalue weighted by Gasteiger charge is -2.10. The van der Waals surface area contributed by atoms with Crippen LogP contribution in [-0.2, 0) is 4.79 Å². The Morgan fingerprint density at radius 2 is 2.00 bits per heavy atom. The monoisotopic (exact) mass is 372 g/mol. The molecule has 0 saturated carbocycles. The third-order valence-electron chi connectivity index (χ3n) is 4.09. The lowest BCUT2D eigenvalue weighted by atomic mass is 10.2. The van der Waals surface area contributed by atoms with Crippen LogP contribution in [0.2, 0.25) is 0 Å². The van der Waals surface area contributed by atoms with Gasteiger partial charge in [0.1, 0.15) is 4.32 Å². The Hall–Kier alpha value is -2.38. The van der Waals surface area contributed by atoms with Gasteiger partial charge in [-0.2, -0.15) is 0 Å². The van der Waals surface area contributed by atoms with Crippen LogP contribution in [-0.4, -0.2) is 37.8 Å². The van der Waals surface area contributed by atoms with Gasteiger partial charge in [0.2, 0.25) is 0 Å². The number of hydrogen-bond donors (Lipinski definition) is 1. The SMILES string of the molecule is Cc1cc(C=C2SC(=S)N(C)C2=O)c(C)n1-c1cccc(C(=O)O)c1. The first kappa shape index (κ1) is 17.4. The summed E-state index contributed by atoms with van der Waals surface area (Å²) in [5.41, 5.74) is 3.81. The van der Waals surface area contributed by atoms with Gasteiger partial charge in [-0.05, 0) is 49.8 Å². The van der Waals surface area contributed by atoms with Crippen molar-refractivity contribution in [3.05, 3.63) is 57.8 Å². The van der Waals surface area contributed by atoms with E-state index in [-0.39, 0.29) is 11.5 Å². The molecule has 0 radical (unpaired) electrons. The van der Waals surface area contributed by atoms with Gasteiger partial charge in [0, 0.05) is 24.1 Å². The van der Waals surface area contributed by atoms with Gasteiger partial charge in [0.05, 0.1) is 10.5 Å². The smallest absolute Gasteiger partial charge is 0.335 e. The number of hydrogen-bond acceptors (Lipinski definition) is 4. The second-order valence-corrected chi connectivity index (χ2v) is 7.43. The molecule has 2 aromatic rings. The maximum absolute atomic E-state index is 12.2. The fraction of sp³-hybridized carbons (Fsp3) is 0.167. The second kappa shape index (κ2) is 6.50. The quantitative estimate of drug-likeness (QED) is 0.659. The third kappa shape index (κ3) is 3.12. The molecule has 1 fully saturated rings. The summed E-state index contributed by atoms with van der Waals surface area (Å²) in [4.78, 5) is 25.5. The number of thioether (sulfide) groups is 1. The number of carboxylic acids is 1. The predicted molar refractivity (Wildman–Crippen MR) is 103 cm³/mol. The summed E-state index contributed by atoms with van der Waals surface area (Å²) >= 11 is 6.44. The van der Waals surface area contributed by atoms with Crippen LogP contribution in [0, 0.1) is 13.8 Å². The molecule has 0 atom stereocenters. The molecule has 0 bridgehead atoms.